The van der Waals surface area contributed by atoms with Crippen molar-refractivity contribution in [2.75, 3.05) is 0 Å². The largest absolute Gasteiger partial charge is 0.508 e. The van der Waals surface area contributed by atoms with E-state index in [9.17, 15) is 15.3 Å². The summed E-state index contributed by atoms with van der Waals surface area (Å²) in [6.07, 6.45) is 2.93. The molecule has 4 nitrogen and oxygen atoms in total. The quantitative estimate of drug-likeness (QED) is 0.789. The molecule has 138 valence electrons. The first-order chi connectivity index (χ1) is 12.5. The van der Waals surface area contributed by atoms with Gasteiger partial charge in [0.15, 0.2) is 0 Å². The molecular weight excluding hydrogens is 326 g/mol. The fraction of sp³-hybridized carbons (Fsp3) is 0.455. The average molecular weight is 353 g/mol. The minimum atomic E-state index is -0.771. The Labute approximate surface area is 154 Å². The van der Waals surface area contributed by atoms with Gasteiger partial charge in [-0.1, -0.05) is 42.5 Å². The Morgan fingerprint density at radius 2 is 1.54 bits per heavy atom. The predicted octanol–water partition coefficient (Wildman–Crippen LogP) is 3.33. The number of hydrogen-bond donors (Lipinski definition) is 3. The summed E-state index contributed by atoms with van der Waals surface area (Å²) in [4.78, 5) is 2.41. The second-order valence-electron chi connectivity index (χ2n) is 7.92. The summed E-state index contributed by atoms with van der Waals surface area (Å²) in [5.74, 6) is 0.208. The molecule has 2 aliphatic heterocycles. The Balaban J connectivity index is 1.54. The van der Waals surface area contributed by atoms with Crippen LogP contribution in [0.5, 0.6) is 5.75 Å². The molecule has 0 spiro atoms. The van der Waals surface area contributed by atoms with Crippen LogP contribution in [0.25, 0.3) is 0 Å². The number of piperidine rings is 1. The van der Waals surface area contributed by atoms with E-state index in [1.807, 2.05) is 30.3 Å². The van der Waals surface area contributed by atoms with Crippen LogP contribution >= 0.6 is 0 Å². The van der Waals surface area contributed by atoms with Gasteiger partial charge in [0, 0.05) is 18.1 Å². The van der Waals surface area contributed by atoms with Crippen LogP contribution in [-0.2, 0) is 5.60 Å². The fourth-order valence-electron chi connectivity index (χ4n) is 5.02. The van der Waals surface area contributed by atoms with E-state index in [-0.39, 0.29) is 23.9 Å². The summed E-state index contributed by atoms with van der Waals surface area (Å²) in [7, 11) is 0. The van der Waals surface area contributed by atoms with Gasteiger partial charge in [0.25, 0.3) is 0 Å². The van der Waals surface area contributed by atoms with Gasteiger partial charge in [-0.05, 0) is 55.9 Å². The molecule has 26 heavy (non-hydrogen) atoms. The molecule has 0 aromatic heterocycles. The van der Waals surface area contributed by atoms with Crippen LogP contribution in [0.15, 0.2) is 54.6 Å². The zero-order valence-corrected chi connectivity index (χ0v) is 15.1. The topological polar surface area (TPSA) is 63.9 Å². The molecule has 3 N–H and O–H groups in total. The molecule has 4 rings (SSSR count). The van der Waals surface area contributed by atoms with Crippen LogP contribution < -0.4 is 0 Å². The standard InChI is InChI=1S/C22H27NO3/c1-15(21(25)16-7-11-20(24)12-8-16)23-18-9-10-19(23)14-22(26,13-18)17-5-3-2-4-6-17/h2-8,11-12,15,18-19,21,24-26H,9-10,13-14H2,1H3/t15?,18-,19+,21?,22+. The molecule has 0 radical (unpaired) electrons. The van der Waals surface area contributed by atoms with Crippen LogP contribution in [0.2, 0.25) is 0 Å². The third-order valence-corrected chi connectivity index (χ3v) is 6.30. The van der Waals surface area contributed by atoms with Crippen molar-refractivity contribution in [1.82, 2.24) is 4.90 Å². The molecule has 2 unspecified atom stereocenters. The number of phenolic OH excluding ortho intramolecular Hbond substituents is 1. The maximum atomic E-state index is 11.3. The Morgan fingerprint density at radius 3 is 2.12 bits per heavy atom. The number of aliphatic hydroxyl groups is 2. The highest BCUT2D eigenvalue weighted by Gasteiger charge is 2.50. The van der Waals surface area contributed by atoms with Crippen LogP contribution in [0, 0.1) is 0 Å². The van der Waals surface area contributed by atoms with E-state index in [2.05, 4.69) is 11.8 Å². The van der Waals surface area contributed by atoms with Crippen molar-refractivity contribution in [1.29, 1.82) is 0 Å². The molecule has 2 bridgehead atoms. The Hall–Kier alpha value is -1.88. The summed E-state index contributed by atoms with van der Waals surface area (Å²) in [6.45, 7) is 2.07. The van der Waals surface area contributed by atoms with Gasteiger partial charge in [-0.15, -0.1) is 0 Å². The van der Waals surface area contributed by atoms with Gasteiger partial charge < -0.3 is 15.3 Å². The molecule has 2 fully saturated rings. The van der Waals surface area contributed by atoms with Crippen molar-refractivity contribution in [3.05, 3.63) is 65.7 Å². The molecule has 0 aliphatic carbocycles. The number of rotatable bonds is 4. The SMILES string of the molecule is CC(C(O)c1ccc(O)cc1)N1[C@@H]2CC[C@H]1C[C@](O)(c1ccccc1)C2. The number of aliphatic hydroxyl groups excluding tert-OH is 1. The normalized spacial score (nSPS) is 30.9. The first-order valence-corrected chi connectivity index (χ1v) is 9.50. The van der Waals surface area contributed by atoms with Gasteiger partial charge in [-0.3, -0.25) is 4.90 Å². The molecule has 2 saturated heterocycles. The summed E-state index contributed by atoms with van der Waals surface area (Å²) in [5.41, 5.74) is 1.05. The summed E-state index contributed by atoms with van der Waals surface area (Å²) < 4.78 is 0. The van der Waals surface area contributed by atoms with Gasteiger partial charge in [0.05, 0.1) is 11.7 Å². The monoisotopic (exact) mass is 353 g/mol. The zero-order valence-electron chi connectivity index (χ0n) is 15.1. The fourth-order valence-corrected chi connectivity index (χ4v) is 5.02. The van der Waals surface area contributed by atoms with E-state index >= 15 is 0 Å². The second-order valence-corrected chi connectivity index (χ2v) is 7.92. The maximum absolute atomic E-state index is 11.3. The number of phenols is 1. The number of benzene rings is 2. The first kappa shape index (κ1) is 17.5. The summed E-state index contributed by atoms with van der Waals surface area (Å²) in [5, 5.41) is 31.6. The van der Waals surface area contributed by atoms with Crippen LogP contribution in [0.4, 0.5) is 0 Å². The van der Waals surface area contributed by atoms with Crippen molar-refractivity contribution < 1.29 is 15.3 Å². The molecule has 0 amide bonds. The van der Waals surface area contributed by atoms with E-state index in [1.54, 1.807) is 24.3 Å². The van der Waals surface area contributed by atoms with Gasteiger partial charge in [0.1, 0.15) is 5.75 Å². The third-order valence-electron chi connectivity index (χ3n) is 6.30. The Morgan fingerprint density at radius 1 is 0.962 bits per heavy atom. The molecular formula is C22H27NO3. The third kappa shape index (κ3) is 3.02. The van der Waals surface area contributed by atoms with Crippen molar-refractivity contribution in [2.24, 2.45) is 0 Å². The number of hydrogen-bond acceptors (Lipinski definition) is 4. The zero-order chi connectivity index (χ0) is 18.3. The smallest absolute Gasteiger partial charge is 0.115 e. The van der Waals surface area contributed by atoms with Crippen LogP contribution in [0.3, 0.4) is 0 Å². The van der Waals surface area contributed by atoms with Gasteiger partial charge in [-0.2, -0.15) is 0 Å². The highest BCUT2D eigenvalue weighted by atomic mass is 16.3. The molecule has 2 aromatic carbocycles. The average Bonchev–Trinajstić information content (AvgIpc) is 2.94. The van der Waals surface area contributed by atoms with Crippen LogP contribution in [-0.4, -0.2) is 38.3 Å². The minimum absolute atomic E-state index is 0.0302. The van der Waals surface area contributed by atoms with Crippen molar-refractivity contribution >= 4 is 0 Å². The molecule has 0 saturated carbocycles. The number of aromatic hydroxyl groups is 1. The second kappa shape index (κ2) is 6.69. The molecule has 2 aromatic rings. The highest BCUT2D eigenvalue weighted by molar-refractivity contribution is 5.29. The lowest BCUT2D eigenvalue weighted by Crippen LogP contribution is -2.54. The van der Waals surface area contributed by atoms with Crippen molar-refractivity contribution in [3.8, 4) is 5.75 Å². The molecule has 2 heterocycles. The van der Waals surface area contributed by atoms with E-state index in [1.165, 1.54) is 0 Å². The lowest BCUT2D eigenvalue weighted by atomic mass is 9.79. The molecule has 5 atom stereocenters. The summed E-state index contributed by atoms with van der Waals surface area (Å²) >= 11 is 0. The van der Waals surface area contributed by atoms with Gasteiger partial charge in [-0.25, -0.2) is 0 Å². The lowest BCUT2D eigenvalue weighted by molar-refractivity contribution is -0.0844. The van der Waals surface area contributed by atoms with Gasteiger partial charge >= 0.3 is 0 Å². The Kier molecular flexibility index (Phi) is 4.51. The number of nitrogens with zero attached hydrogens (tertiary/aromatic N) is 1. The van der Waals surface area contributed by atoms with Crippen molar-refractivity contribution in [2.45, 2.75) is 62.4 Å². The Bertz CT molecular complexity index is 732. The predicted molar refractivity (Wildman–Crippen MR) is 101 cm³/mol. The van der Waals surface area contributed by atoms with E-state index in [0.29, 0.717) is 12.8 Å². The highest BCUT2D eigenvalue weighted by Crippen LogP contribution is 2.47. The summed E-state index contributed by atoms with van der Waals surface area (Å²) in [6, 6.07) is 17.3. The first-order valence-electron chi connectivity index (χ1n) is 9.50. The maximum Gasteiger partial charge on any atom is 0.115 e. The van der Waals surface area contributed by atoms with Crippen LogP contribution in [0.1, 0.15) is 49.8 Å². The van der Waals surface area contributed by atoms with E-state index < -0.39 is 11.7 Å². The van der Waals surface area contributed by atoms with E-state index in [4.69, 9.17) is 0 Å². The number of fused-ring (bicyclic) bond motifs is 2. The van der Waals surface area contributed by atoms with Gasteiger partial charge in [0.2, 0.25) is 0 Å². The minimum Gasteiger partial charge on any atom is -0.508 e. The molecule has 2 aliphatic rings. The lowest BCUT2D eigenvalue weighted by Gasteiger charge is -2.47. The molecule has 4 heteroatoms. The van der Waals surface area contributed by atoms with Crippen molar-refractivity contribution in [3.63, 3.8) is 0 Å². The van der Waals surface area contributed by atoms with E-state index in [0.717, 1.165) is 24.0 Å².